The molecule has 0 saturated carbocycles. The standard InChI is InChI=1S/C6H9O2/c1-5-4-8-3-2-6(5)7/h4-5H,2-3H2,1H3/t5-/m1/s1. The van der Waals surface area contributed by atoms with Crippen LogP contribution in [0.3, 0.4) is 0 Å². The molecule has 0 N–H and O–H groups in total. The predicted molar refractivity (Wildman–Crippen MR) is 29.0 cm³/mol. The lowest BCUT2D eigenvalue weighted by atomic mass is 10.0. The van der Waals surface area contributed by atoms with Crippen molar-refractivity contribution in [3.8, 4) is 0 Å². The lowest BCUT2D eigenvalue weighted by Crippen LogP contribution is -2.20. The number of ketones is 1. The number of rotatable bonds is 0. The van der Waals surface area contributed by atoms with Crippen LogP contribution < -0.4 is 0 Å². The monoisotopic (exact) mass is 113 g/mol. The fraction of sp³-hybridized carbons (Fsp3) is 0.667. The summed E-state index contributed by atoms with van der Waals surface area (Å²) < 4.78 is 4.91. The molecule has 45 valence electrons. The average molecular weight is 113 g/mol. The maximum atomic E-state index is 10.7. The van der Waals surface area contributed by atoms with Gasteiger partial charge in [-0.1, -0.05) is 6.92 Å². The molecule has 0 aromatic heterocycles. The van der Waals surface area contributed by atoms with Gasteiger partial charge in [-0.05, 0) is 0 Å². The van der Waals surface area contributed by atoms with Crippen LogP contribution in [0.4, 0.5) is 0 Å². The minimum atomic E-state index is 0.0174. The largest absolute Gasteiger partial charge is 0.374 e. The molecule has 1 fully saturated rings. The van der Waals surface area contributed by atoms with Crippen molar-refractivity contribution in [2.45, 2.75) is 13.3 Å². The Kier molecular flexibility index (Phi) is 1.63. The van der Waals surface area contributed by atoms with Crippen LogP contribution in [0.1, 0.15) is 13.3 Å². The molecule has 2 nitrogen and oxygen atoms in total. The molecule has 2 heteroatoms. The summed E-state index contributed by atoms with van der Waals surface area (Å²) in [4.78, 5) is 10.7. The van der Waals surface area contributed by atoms with Gasteiger partial charge < -0.3 is 4.74 Å². The van der Waals surface area contributed by atoms with Crippen LogP contribution in [0.2, 0.25) is 0 Å². The number of Topliss-reactive ketones (excluding diaryl/α,β-unsaturated/α-hetero) is 1. The van der Waals surface area contributed by atoms with Gasteiger partial charge in [0.2, 0.25) is 0 Å². The Labute approximate surface area is 48.8 Å². The quantitative estimate of drug-likeness (QED) is 0.464. The number of hydrogen-bond donors (Lipinski definition) is 0. The molecule has 0 unspecified atom stereocenters. The summed E-state index contributed by atoms with van der Waals surface area (Å²) in [6.07, 6.45) is 0.581. The first-order valence-electron chi connectivity index (χ1n) is 2.78. The van der Waals surface area contributed by atoms with Crippen LogP contribution >= 0.6 is 0 Å². The summed E-state index contributed by atoms with van der Waals surface area (Å²) in [6.45, 7) is 4.02. The van der Waals surface area contributed by atoms with Crippen molar-refractivity contribution in [2.24, 2.45) is 5.92 Å². The first-order valence-corrected chi connectivity index (χ1v) is 2.78. The van der Waals surface area contributed by atoms with E-state index >= 15 is 0 Å². The van der Waals surface area contributed by atoms with Crippen LogP contribution in [0.15, 0.2) is 0 Å². The molecule has 0 aromatic carbocycles. The predicted octanol–water partition coefficient (Wildman–Crippen LogP) is 0.774. The number of hydrogen-bond acceptors (Lipinski definition) is 2. The minimum Gasteiger partial charge on any atom is -0.374 e. The molecule has 0 aromatic rings. The zero-order valence-corrected chi connectivity index (χ0v) is 4.89. The zero-order valence-electron chi connectivity index (χ0n) is 4.89. The molecule has 0 spiro atoms. The van der Waals surface area contributed by atoms with E-state index in [1.165, 1.54) is 0 Å². The van der Waals surface area contributed by atoms with Gasteiger partial charge in [0.25, 0.3) is 0 Å². The van der Waals surface area contributed by atoms with Crippen molar-refractivity contribution in [2.75, 3.05) is 6.61 Å². The van der Waals surface area contributed by atoms with E-state index in [4.69, 9.17) is 4.74 Å². The third-order valence-electron chi connectivity index (χ3n) is 1.27. The highest BCUT2D eigenvalue weighted by molar-refractivity contribution is 5.82. The van der Waals surface area contributed by atoms with E-state index in [1.807, 2.05) is 6.92 Å². The zero-order chi connectivity index (χ0) is 5.98. The summed E-state index contributed by atoms with van der Waals surface area (Å²) in [7, 11) is 0. The molecule has 1 heterocycles. The van der Waals surface area contributed by atoms with Gasteiger partial charge in [-0.2, -0.15) is 0 Å². The molecule has 0 bridgehead atoms. The fourth-order valence-electron chi connectivity index (χ4n) is 0.675. The van der Waals surface area contributed by atoms with Crippen molar-refractivity contribution in [1.82, 2.24) is 0 Å². The summed E-state index contributed by atoms with van der Waals surface area (Å²) in [5.74, 6) is 0.306. The summed E-state index contributed by atoms with van der Waals surface area (Å²) in [6, 6.07) is 0. The Morgan fingerprint density at radius 2 is 2.62 bits per heavy atom. The molecule has 0 amide bonds. The Bertz CT molecular complexity index is 98.7. The van der Waals surface area contributed by atoms with E-state index in [0.717, 1.165) is 0 Å². The highest BCUT2D eigenvalue weighted by Gasteiger charge is 2.17. The molecule has 0 aliphatic carbocycles. The van der Waals surface area contributed by atoms with E-state index in [9.17, 15) is 4.79 Å². The van der Waals surface area contributed by atoms with Gasteiger partial charge in [-0.15, -0.1) is 0 Å². The lowest BCUT2D eigenvalue weighted by Gasteiger charge is -2.14. The van der Waals surface area contributed by atoms with Crippen LogP contribution in [-0.2, 0) is 9.53 Å². The molecule has 1 aliphatic heterocycles. The summed E-state index contributed by atoms with van der Waals surface area (Å²) in [5, 5.41) is 0. The Balaban J connectivity index is 2.39. The number of carbonyl (C=O) groups excluding carboxylic acids is 1. The highest BCUT2D eigenvalue weighted by atomic mass is 16.5. The number of ether oxygens (including phenoxy) is 1. The van der Waals surface area contributed by atoms with Gasteiger partial charge in [0.15, 0.2) is 0 Å². The first kappa shape index (κ1) is 5.76. The second kappa shape index (κ2) is 2.27. The molecule has 8 heavy (non-hydrogen) atoms. The van der Waals surface area contributed by atoms with Gasteiger partial charge in [0.05, 0.1) is 13.2 Å². The summed E-state index contributed by atoms with van der Waals surface area (Å²) in [5.41, 5.74) is 0. The van der Waals surface area contributed by atoms with E-state index in [1.54, 1.807) is 6.61 Å². The third-order valence-corrected chi connectivity index (χ3v) is 1.27. The molecule has 1 aliphatic rings. The molecule has 1 saturated heterocycles. The normalized spacial score (nSPS) is 30.6. The van der Waals surface area contributed by atoms with Crippen LogP contribution in [0, 0.1) is 12.5 Å². The molecule has 1 rings (SSSR count). The fourth-order valence-corrected chi connectivity index (χ4v) is 0.675. The maximum Gasteiger partial charge on any atom is 0.140 e. The van der Waals surface area contributed by atoms with E-state index in [-0.39, 0.29) is 11.7 Å². The Morgan fingerprint density at radius 3 is 3.00 bits per heavy atom. The van der Waals surface area contributed by atoms with E-state index in [2.05, 4.69) is 0 Å². The van der Waals surface area contributed by atoms with Crippen LogP contribution in [0.5, 0.6) is 0 Å². The SMILES string of the molecule is C[C@@H]1[CH]OCCC1=O. The van der Waals surface area contributed by atoms with Crippen molar-refractivity contribution < 1.29 is 9.53 Å². The van der Waals surface area contributed by atoms with Crippen LogP contribution in [0.25, 0.3) is 0 Å². The first-order chi connectivity index (χ1) is 3.80. The van der Waals surface area contributed by atoms with Gasteiger partial charge in [-0.25, -0.2) is 0 Å². The maximum absolute atomic E-state index is 10.7. The second-order valence-electron chi connectivity index (χ2n) is 2.01. The average Bonchev–Trinajstić information content (AvgIpc) is 1.77. The highest BCUT2D eigenvalue weighted by Crippen LogP contribution is 2.11. The lowest BCUT2D eigenvalue weighted by molar-refractivity contribution is -0.126. The Hall–Kier alpha value is -0.370. The number of carbonyl (C=O) groups is 1. The van der Waals surface area contributed by atoms with Gasteiger partial charge in [0, 0.05) is 12.3 Å². The Morgan fingerprint density at radius 1 is 1.88 bits per heavy atom. The smallest absolute Gasteiger partial charge is 0.140 e. The minimum absolute atomic E-state index is 0.0174. The van der Waals surface area contributed by atoms with Gasteiger partial charge >= 0.3 is 0 Å². The molecular weight excluding hydrogens is 104 g/mol. The second-order valence-corrected chi connectivity index (χ2v) is 2.01. The van der Waals surface area contributed by atoms with Crippen LogP contribution in [-0.4, -0.2) is 12.4 Å². The van der Waals surface area contributed by atoms with Crippen molar-refractivity contribution in [1.29, 1.82) is 0 Å². The van der Waals surface area contributed by atoms with Gasteiger partial charge in [0.1, 0.15) is 5.78 Å². The summed E-state index contributed by atoms with van der Waals surface area (Å²) >= 11 is 0. The van der Waals surface area contributed by atoms with Gasteiger partial charge in [-0.3, -0.25) is 4.79 Å². The van der Waals surface area contributed by atoms with Crippen molar-refractivity contribution in [3.05, 3.63) is 6.61 Å². The molecular formula is C6H9O2. The van der Waals surface area contributed by atoms with Crippen molar-refractivity contribution >= 4 is 5.78 Å². The topological polar surface area (TPSA) is 26.3 Å². The van der Waals surface area contributed by atoms with E-state index < -0.39 is 0 Å². The van der Waals surface area contributed by atoms with Crippen molar-refractivity contribution in [3.63, 3.8) is 0 Å². The van der Waals surface area contributed by atoms with E-state index in [0.29, 0.717) is 13.0 Å². The third kappa shape index (κ3) is 1.07. The molecule has 1 atom stereocenters. The molecule has 1 radical (unpaired) electrons.